The second kappa shape index (κ2) is 12.3. The van der Waals surface area contributed by atoms with Crippen molar-refractivity contribution in [3.05, 3.63) is 106 Å². The van der Waals surface area contributed by atoms with Gasteiger partial charge in [-0.15, -0.1) is 0 Å². The molecule has 1 aromatic heterocycles. The van der Waals surface area contributed by atoms with Gasteiger partial charge in [-0.1, -0.05) is 78.4 Å². The SMILES string of the molecule is N[C@@]1(C(=O)NCCc2c[nH]c3ccccc23)[C@H](CO)C(CO)ON1Cc1cccc(/C=C/c2ccc(Cl)cc2)c1. The highest BCUT2D eigenvalue weighted by Crippen LogP contribution is 2.35. The maximum Gasteiger partial charge on any atom is 0.257 e. The van der Waals surface area contributed by atoms with Crippen molar-refractivity contribution in [3.63, 3.8) is 0 Å². The number of carbonyl (C=O) groups excluding carboxylic acids is 1. The minimum Gasteiger partial charge on any atom is -0.396 e. The van der Waals surface area contributed by atoms with Crippen molar-refractivity contribution in [2.45, 2.75) is 24.7 Å². The van der Waals surface area contributed by atoms with Gasteiger partial charge in [-0.05, 0) is 46.9 Å². The Balaban J connectivity index is 1.30. The molecule has 0 bridgehead atoms. The maximum absolute atomic E-state index is 13.6. The van der Waals surface area contributed by atoms with Crippen molar-refractivity contribution in [1.82, 2.24) is 15.4 Å². The summed E-state index contributed by atoms with van der Waals surface area (Å²) in [5, 5.41) is 26.2. The van der Waals surface area contributed by atoms with Crippen LogP contribution < -0.4 is 11.1 Å². The average molecular weight is 561 g/mol. The summed E-state index contributed by atoms with van der Waals surface area (Å²) in [5.41, 5.74) is 9.99. The highest BCUT2D eigenvalue weighted by atomic mass is 35.5. The number of fused-ring (bicyclic) bond motifs is 1. The van der Waals surface area contributed by atoms with E-state index in [0.29, 0.717) is 18.0 Å². The first kappa shape index (κ1) is 28.0. The molecule has 6 N–H and O–H groups in total. The number of carbonyl (C=O) groups is 1. The molecule has 0 spiro atoms. The average Bonchev–Trinajstić information content (AvgIpc) is 3.51. The van der Waals surface area contributed by atoms with Gasteiger partial charge in [-0.2, -0.15) is 5.06 Å². The molecule has 0 radical (unpaired) electrons. The summed E-state index contributed by atoms with van der Waals surface area (Å²) in [6.45, 7) is -0.270. The molecule has 3 atom stereocenters. The van der Waals surface area contributed by atoms with Crippen LogP contribution in [0.5, 0.6) is 0 Å². The third-order valence-electron chi connectivity index (χ3n) is 7.40. The third kappa shape index (κ3) is 5.83. The van der Waals surface area contributed by atoms with Crippen molar-refractivity contribution in [1.29, 1.82) is 0 Å². The number of hydrogen-bond acceptors (Lipinski definition) is 6. The van der Waals surface area contributed by atoms with Crippen LogP contribution in [0.25, 0.3) is 23.1 Å². The van der Waals surface area contributed by atoms with Crippen molar-refractivity contribution < 1.29 is 19.8 Å². The molecular formula is C31H33ClN4O4. The van der Waals surface area contributed by atoms with Crippen LogP contribution in [0, 0.1) is 5.92 Å². The number of rotatable bonds is 10. The van der Waals surface area contributed by atoms with Crippen molar-refractivity contribution in [2.24, 2.45) is 11.7 Å². The van der Waals surface area contributed by atoms with Gasteiger partial charge in [0.25, 0.3) is 5.91 Å². The van der Waals surface area contributed by atoms with E-state index in [0.717, 1.165) is 33.2 Å². The van der Waals surface area contributed by atoms with Crippen LogP contribution >= 0.6 is 11.6 Å². The van der Waals surface area contributed by atoms with Crippen LogP contribution in [0.4, 0.5) is 0 Å². The highest BCUT2D eigenvalue weighted by molar-refractivity contribution is 6.30. The van der Waals surface area contributed by atoms with E-state index in [4.69, 9.17) is 22.2 Å². The van der Waals surface area contributed by atoms with E-state index in [2.05, 4.69) is 10.3 Å². The topological polar surface area (TPSA) is 124 Å². The molecule has 5 rings (SSSR count). The van der Waals surface area contributed by atoms with Crippen molar-refractivity contribution >= 4 is 40.6 Å². The predicted octanol–water partition coefficient (Wildman–Crippen LogP) is 3.72. The number of H-pyrrole nitrogens is 1. The van der Waals surface area contributed by atoms with Crippen molar-refractivity contribution in [2.75, 3.05) is 19.8 Å². The van der Waals surface area contributed by atoms with E-state index in [9.17, 15) is 15.0 Å². The normalized spacial score (nSPS) is 21.4. The van der Waals surface area contributed by atoms with Gasteiger partial charge in [-0.3, -0.25) is 9.63 Å². The number of aromatic nitrogens is 1. The zero-order valence-electron chi connectivity index (χ0n) is 22.0. The summed E-state index contributed by atoms with van der Waals surface area (Å²) >= 11 is 5.98. The number of aliphatic hydroxyl groups is 2. The lowest BCUT2D eigenvalue weighted by Gasteiger charge is -2.34. The number of hydroxylamine groups is 2. The van der Waals surface area contributed by atoms with Crippen LogP contribution in [-0.2, 0) is 22.6 Å². The Morgan fingerprint density at radius 2 is 1.82 bits per heavy atom. The van der Waals surface area contributed by atoms with Crippen LogP contribution in [-0.4, -0.2) is 57.7 Å². The van der Waals surface area contributed by atoms with E-state index in [-0.39, 0.29) is 13.2 Å². The number of halogens is 1. The molecule has 1 amide bonds. The van der Waals surface area contributed by atoms with Crippen LogP contribution in [0.3, 0.4) is 0 Å². The first-order valence-corrected chi connectivity index (χ1v) is 13.6. The van der Waals surface area contributed by atoms with Crippen LogP contribution in [0.2, 0.25) is 5.02 Å². The summed E-state index contributed by atoms with van der Waals surface area (Å²) < 4.78 is 0. The van der Waals surface area contributed by atoms with Gasteiger partial charge >= 0.3 is 0 Å². The second-order valence-corrected chi connectivity index (χ2v) is 10.4. The smallest absolute Gasteiger partial charge is 0.257 e. The molecule has 1 aliphatic heterocycles. The Hall–Kier alpha value is -3.50. The number of aliphatic hydroxyl groups excluding tert-OH is 2. The van der Waals surface area contributed by atoms with Gasteiger partial charge < -0.3 is 26.2 Å². The number of nitrogens with two attached hydrogens (primary N) is 1. The molecular weight excluding hydrogens is 528 g/mol. The molecule has 8 nitrogen and oxygen atoms in total. The number of nitrogens with one attached hydrogen (secondary N) is 2. The lowest BCUT2D eigenvalue weighted by Crippen LogP contribution is -2.66. The standard InChI is InChI=1S/C31H33ClN4O4/c32-25-12-10-21(11-13-25)8-9-22-4-3-5-23(16-22)18-36-31(33,27(19-37)29(20-38)40-36)30(39)34-15-14-24-17-35-28-7-2-1-6-26(24)28/h1-13,16-17,27,29,35,37-38H,14-15,18-20,33H2,(H,34,39)/b9-8+/t27-,29?,31+/m1/s1. The van der Waals surface area contributed by atoms with E-state index < -0.39 is 30.2 Å². The molecule has 1 unspecified atom stereocenters. The Labute approximate surface area is 238 Å². The molecule has 0 aliphatic carbocycles. The van der Waals surface area contributed by atoms with Gasteiger partial charge in [-0.25, -0.2) is 0 Å². The highest BCUT2D eigenvalue weighted by Gasteiger charge is 2.57. The van der Waals surface area contributed by atoms with E-state index in [1.807, 2.05) is 91.1 Å². The fourth-order valence-corrected chi connectivity index (χ4v) is 5.30. The number of aromatic amines is 1. The minimum atomic E-state index is -1.68. The summed E-state index contributed by atoms with van der Waals surface area (Å²) in [7, 11) is 0. The number of para-hydroxylation sites is 1. The van der Waals surface area contributed by atoms with Gasteiger partial charge in [0.15, 0.2) is 5.66 Å². The predicted molar refractivity (Wildman–Crippen MR) is 157 cm³/mol. The Morgan fingerprint density at radius 1 is 1.05 bits per heavy atom. The molecule has 208 valence electrons. The first-order valence-electron chi connectivity index (χ1n) is 13.2. The van der Waals surface area contributed by atoms with Gasteiger partial charge in [0.05, 0.1) is 25.7 Å². The summed E-state index contributed by atoms with van der Waals surface area (Å²) in [6.07, 6.45) is 5.69. The molecule has 1 fully saturated rings. The number of benzene rings is 3. The molecule has 9 heteroatoms. The molecule has 1 aliphatic rings. The first-order chi connectivity index (χ1) is 19.4. The summed E-state index contributed by atoms with van der Waals surface area (Å²) in [4.78, 5) is 22.8. The summed E-state index contributed by atoms with van der Waals surface area (Å²) in [5.74, 6) is -1.29. The lowest BCUT2D eigenvalue weighted by molar-refractivity contribution is -0.202. The Bertz CT molecular complexity index is 1490. The number of amides is 1. The fourth-order valence-electron chi connectivity index (χ4n) is 5.18. The van der Waals surface area contributed by atoms with E-state index in [1.54, 1.807) is 0 Å². The fraction of sp³-hybridized carbons (Fsp3) is 0.258. The van der Waals surface area contributed by atoms with E-state index >= 15 is 0 Å². The van der Waals surface area contributed by atoms with Crippen LogP contribution in [0.15, 0.2) is 79.0 Å². The second-order valence-electron chi connectivity index (χ2n) is 9.97. The van der Waals surface area contributed by atoms with E-state index in [1.165, 1.54) is 5.06 Å². The lowest BCUT2D eigenvalue weighted by atomic mass is 9.88. The van der Waals surface area contributed by atoms with Gasteiger partial charge in [0.2, 0.25) is 0 Å². The zero-order valence-corrected chi connectivity index (χ0v) is 22.7. The quantitative estimate of drug-likeness (QED) is 0.188. The van der Waals surface area contributed by atoms with Gasteiger partial charge in [0.1, 0.15) is 6.10 Å². The molecule has 2 heterocycles. The minimum absolute atomic E-state index is 0.183. The Morgan fingerprint density at radius 3 is 2.60 bits per heavy atom. The molecule has 3 aromatic carbocycles. The number of hydrogen-bond donors (Lipinski definition) is 5. The van der Waals surface area contributed by atoms with Crippen LogP contribution in [0.1, 0.15) is 22.3 Å². The largest absolute Gasteiger partial charge is 0.396 e. The third-order valence-corrected chi connectivity index (χ3v) is 7.65. The summed E-state index contributed by atoms with van der Waals surface area (Å²) in [6, 6.07) is 23.3. The maximum atomic E-state index is 13.6. The van der Waals surface area contributed by atoms with Crippen molar-refractivity contribution in [3.8, 4) is 0 Å². The Kier molecular flexibility index (Phi) is 8.66. The molecule has 4 aromatic rings. The molecule has 40 heavy (non-hydrogen) atoms. The zero-order chi connectivity index (χ0) is 28.1. The monoisotopic (exact) mass is 560 g/mol. The molecule has 1 saturated heterocycles. The van der Waals surface area contributed by atoms with Gasteiger partial charge in [0, 0.05) is 28.7 Å². The molecule has 0 saturated carbocycles. The number of nitrogens with zero attached hydrogens (tertiary/aromatic N) is 1.